The molecule has 6 heteroatoms. The molecule has 88 valence electrons. The lowest BCUT2D eigenvalue weighted by Crippen LogP contribution is -2.22. The minimum absolute atomic E-state index is 0.117. The van der Waals surface area contributed by atoms with Gasteiger partial charge in [-0.3, -0.25) is 4.79 Å². The molecule has 0 aromatic carbocycles. The molecule has 0 spiro atoms. The molecule has 0 fully saturated rings. The molecule has 2 heterocycles. The van der Waals surface area contributed by atoms with Gasteiger partial charge in [-0.15, -0.1) is 0 Å². The smallest absolute Gasteiger partial charge is 0.371 e. The normalized spacial score (nSPS) is 10.4. The van der Waals surface area contributed by atoms with Gasteiger partial charge in [-0.2, -0.15) is 5.10 Å². The SMILES string of the molecule is Cc1cnn(Cc2ccc(C(=O)O)o2)c(=O)c1. The Balaban J connectivity index is 2.25. The van der Waals surface area contributed by atoms with Crippen molar-refractivity contribution in [1.82, 2.24) is 9.78 Å². The van der Waals surface area contributed by atoms with Crippen LogP contribution >= 0.6 is 0 Å². The van der Waals surface area contributed by atoms with Crippen LogP contribution in [0.25, 0.3) is 0 Å². The van der Waals surface area contributed by atoms with E-state index >= 15 is 0 Å². The van der Waals surface area contributed by atoms with E-state index in [2.05, 4.69) is 5.10 Å². The number of carboxylic acid groups (broad SMARTS) is 1. The van der Waals surface area contributed by atoms with Crippen molar-refractivity contribution in [2.24, 2.45) is 0 Å². The van der Waals surface area contributed by atoms with Gasteiger partial charge in [-0.05, 0) is 24.6 Å². The maximum atomic E-state index is 11.5. The summed E-state index contributed by atoms with van der Waals surface area (Å²) in [5.74, 6) is -0.915. The van der Waals surface area contributed by atoms with Crippen molar-refractivity contribution in [1.29, 1.82) is 0 Å². The van der Waals surface area contributed by atoms with Gasteiger partial charge in [0.1, 0.15) is 12.3 Å². The molecule has 17 heavy (non-hydrogen) atoms. The first-order chi connectivity index (χ1) is 8.06. The number of aromatic carboxylic acids is 1. The monoisotopic (exact) mass is 234 g/mol. The highest BCUT2D eigenvalue weighted by molar-refractivity contribution is 5.84. The Labute approximate surface area is 96.1 Å². The first-order valence-corrected chi connectivity index (χ1v) is 4.92. The molecule has 6 nitrogen and oxygen atoms in total. The Hall–Kier alpha value is -2.37. The summed E-state index contributed by atoms with van der Waals surface area (Å²) in [6, 6.07) is 4.31. The molecule has 1 N–H and O–H groups in total. The van der Waals surface area contributed by atoms with E-state index < -0.39 is 5.97 Å². The summed E-state index contributed by atoms with van der Waals surface area (Å²) in [4.78, 5) is 22.1. The maximum absolute atomic E-state index is 11.5. The third kappa shape index (κ3) is 2.41. The van der Waals surface area contributed by atoms with Gasteiger partial charge in [0.2, 0.25) is 5.76 Å². The maximum Gasteiger partial charge on any atom is 0.371 e. The summed E-state index contributed by atoms with van der Waals surface area (Å²) in [6.45, 7) is 1.89. The molecule has 2 aromatic heterocycles. The molecule has 0 bridgehead atoms. The van der Waals surface area contributed by atoms with Crippen LogP contribution < -0.4 is 5.56 Å². The Bertz CT molecular complexity index is 612. The fourth-order valence-electron chi connectivity index (χ4n) is 1.37. The van der Waals surface area contributed by atoms with E-state index in [1.54, 1.807) is 13.1 Å². The van der Waals surface area contributed by atoms with E-state index in [1.807, 2.05) is 0 Å². The summed E-state index contributed by atoms with van der Waals surface area (Å²) in [7, 11) is 0. The van der Waals surface area contributed by atoms with Crippen LogP contribution in [0.15, 0.2) is 33.6 Å². The van der Waals surface area contributed by atoms with Crippen LogP contribution in [0.4, 0.5) is 0 Å². The zero-order chi connectivity index (χ0) is 12.4. The lowest BCUT2D eigenvalue weighted by molar-refractivity contribution is 0.0660. The zero-order valence-corrected chi connectivity index (χ0v) is 9.08. The first-order valence-electron chi connectivity index (χ1n) is 4.92. The van der Waals surface area contributed by atoms with E-state index in [4.69, 9.17) is 9.52 Å². The summed E-state index contributed by atoms with van der Waals surface area (Å²) >= 11 is 0. The van der Waals surface area contributed by atoms with E-state index in [-0.39, 0.29) is 17.9 Å². The Kier molecular flexibility index (Phi) is 2.78. The molecule has 0 saturated carbocycles. The average molecular weight is 234 g/mol. The Morgan fingerprint density at radius 2 is 2.29 bits per heavy atom. The minimum Gasteiger partial charge on any atom is -0.475 e. The number of aromatic nitrogens is 2. The van der Waals surface area contributed by atoms with Crippen LogP contribution in [0.1, 0.15) is 21.9 Å². The van der Waals surface area contributed by atoms with Gasteiger partial charge in [0.15, 0.2) is 0 Å². The highest BCUT2D eigenvalue weighted by atomic mass is 16.4. The second-order valence-corrected chi connectivity index (χ2v) is 3.60. The van der Waals surface area contributed by atoms with Crippen LogP contribution in [-0.2, 0) is 6.54 Å². The number of aryl methyl sites for hydroxylation is 1. The van der Waals surface area contributed by atoms with Crippen molar-refractivity contribution in [3.8, 4) is 0 Å². The first kappa shape index (κ1) is 11.1. The number of carbonyl (C=O) groups is 1. The zero-order valence-electron chi connectivity index (χ0n) is 9.08. The van der Waals surface area contributed by atoms with Gasteiger partial charge in [0, 0.05) is 6.07 Å². The second kappa shape index (κ2) is 4.25. The molecule has 0 aliphatic carbocycles. The molecule has 0 radical (unpaired) electrons. The fraction of sp³-hybridized carbons (Fsp3) is 0.182. The lowest BCUT2D eigenvalue weighted by Gasteiger charge is -2.01. The number of furan rings is 1. The van der Waals surface area contributed by atoms with Gasteiger partial charge in [0.05, 0.1) is 6.20 Å². The largest absolute Gasteiger partial charge is 0.475 e. The molecule has 0 aliphatic rings. The molecule has 0 aliphatic heterocycles. The topological polar surface area (TPSA) is 85.3 Å². The van der Waals surface area contributed by atoms with Gasteiger partial charge in [0.25, 0.3) is 5.56 Å². The number of nitrogens with zero attached hydrogens (tertiary/aromatic N) is 2. The summed E-state index contributed by atoms with van der Waals surface area (Å²) in [6.07, 6.45) is 1.56. The van der Waals surface area contributed by atoms with Crippen molar-refractivity contribution in [2.45, 2.75) is 13.5 Å². The summed E-state index contributed by atoms with van der Waals surface area (Å²) in [5, 5.41) is 12.6. The molecular weight excluding hydrogens is 224 g/mol. The quantitative estimate of drug-likeness (QED) is 0.852. The van der Waals surface area contributed by atoms with Crippen molar-refractivity contribution in [2.75, 3.05) is 0 Å². The molecule has 2 aromatic rings. The highest BCUT2D eigenvalue weighted by Gasteiger charge is 2.09. The number of rotatable bonds is 3. The highest BCUT2D eigenvalue weighted by Crippen LogP contribution is 2.08. The van der Waals surface area contributed by atoms with Gasteiger partial charge in [-0.25, -0.2) is 9.48 Å². The van der Waals surface area contributed by atoms with Crippen LogP contribution in [0.5, 0.6) is 0 Å². The van der Waals surface area contributed by atoms with Crippen molar-refractivity contribution < 1.29 is 14.3 Å². The van der Waals surface area contributed by atoms with Crippen LogP contribution in [0.3, 0.4) is 0 Å². The summed E-state index contributed by atoms with van der Waals surface area (Å²) in [5.41, 5.74) is 0.523. The van der Waals surface area contributed by atoms with Crippen molar-refractivity contribution in [3.05, 3.63) is 51.8 Å². The van der Waals surface area contributed by atoms with Gasteiger partial charge >= 0.3 is 5.97 Å². The van der Waals surface area contributed by atoms with E-state index in [9.17, 15) is 9.59 Å². The van der Waals surface area contributed by atoms with Crippen LogP contribution in [0, 0.1) is 6.92 Å². The lowest BCUT2D eigenvalue weighted by atomic mass is 10.3. The van der Waals surface area contributed by atoms with Crippen molar-refractivity contribution >= 4 is 5.97 Å². The van der Waals surface area contributed by atoms with Gasteiger partial charge in [-0.1, -0.05) is 0 Å². The molecule has 0 amide bonds. The van der Waals surface area contributed by atoms with E-state index in [0.29, 0.717) is 5.76 Å². The molecular formula is C11H10N2O4. The fourth-order valence-corrected chi connectivity index (χ4v) is 1.37. The summed E-state index contributed by atoms with van der Waals surface area (Å²) < 4.78 is 6.24. The number of hydrogen-bond donors (Lipinski definition) is 1. The third-order valence-corrected chi connectivity index (χ3v) is 2.18. The van der Waals surface area contributed by atoms with E-state index in [1.165, 1.54) is 22.9 Å². The predicted octanol–water partition coefficient (Wildman–Crippen LogP) is 0.891. The Morgan fingerprint density at radius 3 is 2.88 bits per heavy atom. The van der Waals surface area contributed by atoms with E-state index in [0.717, 1.165) is 5.56 Å². The minimum atomic E-state index is -1.14. The van der Waals surface area contributed by atoms with Crippen LogP contribution in [0.2, 0.25) is 0 Å². The van der Waals surface area contributed by atoms with Crippen LogP contribution in [-0.4, -0.2) is 20.9 Å². The average Bonchev–Trinajstić information content (AvgIpc) is 2.71. The third-order valence-electron chi connectivity index (χ3n) is 2.18. The standard InChI is InChI=1S/C11H10N2O4/c1-7-4-10(14)13(12-5-7)6-8-2-3-9(17-8)11(15)16/h2-5H,6H2,1H3,(H,15,16). The Morgan fingerprint density at radius 1 is 1.53 bits per heavy atom. The number of carboxylic acids is 1. The van der Waals surface area contributed by atoms with Crippen molar-refractivity contribution in [3.63, 3.8) is 0 Å². The predicted molar refractivity (Wildman–Crippen MR) is 58.0 cm³/mol. The molecule has 0 unspecified atom stereocenters. The van der Waals surface area contributed by atoms with Gasteiger partial charge < -0.3 is 9.52 Å². The number of hydrogen-bond acceptors (Lipinski definition) is 4. The molecule has 0 atom stereocenters. The molecule has 0 saturated heterocycles. The molecule has 2 rings (SSSR count). The second-order valence-electron chi connectivity index (χ2n) is 3.60.